The van der Waals surface area contributed by atoms with E-state index in [0.29, 0.717) is 0 Å². The van der Waals surface area contributed by atoms with Crippen molar-refractivity contribution in [3.8, 4) is 0 Å². The van der Waals surface area contributed by atoms with Crippen molar-refractivity contribution < 1.29 is 8.83 Å². The summed E-state index contributed by atoms with van der Waals surface area (Å²) in [4.78, 5) is 7.88. The van der Waals surface area contributed by atoms with Crippen LogP contribution in [0.1, 0.15) is 77.0 Å². The van der Waals surface area contributed by atoms with Crippen LogP contribution in [-0.2, 0) is 10.8 Å². The van der Waals surface area contributed by atoms with E-state index < -0.39 is 0 Å². The highest BCUT2D eigenvalue weighted by molar-refractivity contribution is 7.00. The number of nitrogens with zero attached hydrogens (tertiary/aromatic N) is 3. The van der Waals surface area contributed by atoms with Crippen molar-refractivity contribution in [2.24, 2.45) is 0 Å². The first-order chi connectivity index (χ1) is 32.5. The minimum Gasteiger partial charge on any atom is -0.456 e. The molecule has 326 valence electrons. The number of rotatable bonds is 3. The number of furan rings is 2. The summed E-state index contributed by atoms with van der Waals surface area (Å²) in [5, 5.41) is 4.49. The Morgan fingerprint density at radius 3 is 1.76 bits per heavy atom. The van der Waals surface area contributed by atoms with Gasteiger partial charge in [-0.1, -0.05) is 125 Å². The lowest BCUT2D eigenvalue weighted by Gasteiger charge is -2.50. The van der Waals surface area contributed by atoms with Crippen molar-refractivity contribution in [2.45, 2.75) is 83.6 Å². The van der Waals surface area contributed by atoms with Crippen molar-refractivity contribution in [2.75, 3.05) is 14.7 Å². The second-order valence-electron chi connectivity index (χ2n) is 21.3. The van der Waals surface area contributed by atoms with E-state index in [4.69, 9.17) is 8.83 Å². The van der Waals surface area contributed by atoms with Crippen molar-refractivity contribution >= 4 is 112 Å². The van der Waals surface area contributed by atoms with E-state index in [-0.39, 0.29) is 23.1 Å². The van der Waals surface area contributed by atoms with Gasteiger partial charge in [-0.2, -0.15) is 0 Å². The topological polar surface area (TPSA) is 36.0 Å². The predicted molar refractivity (Wildman–Crippen MR) is 281 cm³/mol. The van der Waals surface area contributed by atoms with E-state index in [1.807, 2.05) is 0 Å². The molecule has 1 fully saturated rings. The molecule has 0 N–H and O–H groups in total. The number of para-hydroxylation sites is 3. The molecule has 0 bridgehead atoms. The zero-order valence-corrected chi connectivity index (χ0v) is 39.1. The number of anilines is 8. The van der Waals surface area contributed by atoms with Crippen LogP contribution in [0, 0.1) is 6.92 Å². The maximum Gasteiger partial charge on any atom is 0.252 e. The van der Waals surface area contributed by atoms with Gasteiger partial charge in [-0.3, -0.25) is 0 Å². The van der Waals surface area contributed by atoms with E-state index in [9.17, 15) is 0 Å². The van der Waals surface area contributed by atoms with Gasteiger partial charge in [0, 0.05) is 50.3 Å². The average molecular weight is 870 g/mol. The zero-order chi connectivity index (χ0) is 45.1. The maximum absolute atomic E-state index is 6.67. The quantitative estimate of drug-likeness (QED) is 0.165. The minimum atomic E-state index is -0.0804. The summed E-state index contributed by atoms with van der Waals surface area (Å²) >= 11 is 0. The molecule has 4 aliphatic rings. The van der Waals surface area contributed by atoms with Crippen molar-refractivity contribution in [3.05, 3.63) is 174 Å². The molecule has 67 heavy (non-hydrogen) atoms. The van der Waals surface area contributed by atoms with Crippen molar-refractivity contribution in [1.82, 2.24) is 0 Å². The van der Waals surface area contributed by atoms with Crippen LogP contribution >= 0.6 is 0 Å². The third-order valence-corrected chi connectivity index (χ3v) is 16.6. The molecular formula is C61H52BN3O2. The fourth-order valence-electron chi connectivity index (χ4n) is 13.2. The number of benzene rings is 8. The predicted octanol–water partition coefficient (Wildman–Crippen LogP) is 14.9. The Bertz CT molecular complexity index is 3740. The monoisotopic (exact) mass is 869 g/mol. The first-order valence-electron chi connectivity index (χ1n) is 24.3. The van der Waals surface area contributed by atoms with Crippen LogP contribution in [-0.4, -0.2) is 12.3 Å². The molecule has 0 spiro atoms. The molecule has 8 aromatic carbocycles. The van der Waals surface area contributed by atoms with E-state index >= 15 is 0 Å². The smallest absolute Gasteiger partial charge is 0.252 e. The normalized spacial score (nSPS) is 19.6. The molecule has 0 radical (unpaired) electrons. The number of aryl methyl sites for hydroxylation is 1. The molecule has 2 atom stereocenters. The van der Waals surface area contributed by atoms with Crippen molar-refractivity contribution in [1.29, 1.82) is 0 Å². The Balaban J connectivity index is 1.10. The van der Waals surface area contributed by atoms with Crippen LogP contribution in [0.2, 0.25) is 0 Å². The molecule has 3 aliphatic heterocycles. The molecule has 14 rings (SSSR count). The first kappa shape index (κ1) is 39.0. The summed E-state index contributed by atoms with van der Waals surface area (Å²) in [6.45, 7) is 14.3. The zero-order valence-electron chi connectivity index (χ0n) is 39.1. The summed E-state index contributed by atoms with van der Waals surface area (Å²) in [7, 11) is 0. The summed E-state index contributed by atoms with van der Waals surface area (Å²) < 4.78 is 13.3. The fraction of sp³-hybridized carbons (Fsp3) is 0.213. The Kier molecular flexibility index (Phi) is 7.85. The van der Waals surface area contributed by atoms with Crippen LogP contribution < -0.4 is 31.1 Å². The lowest BCUT2D eigenvalue weighted by molar-refractivity contribution is 0.195. The van der Waals surface area contributed by atoms with Gasteiger partial charge in [-0.25, -0.2) is 0 Å². The van der Waals surface area contributed by atoms with Crippen LogP contribution in [0.15, 0.2) is 167 Å². The second kappa shape index (κ2) is 13.5. The standard InChI is InChI=1S/C61H52BN3O2/c1-37-33-50-58-51(34-37)64(48-22-16-26-55-57(48)41-18-8-12-24-53(41)67-55)49-36-39(65-45-20-10-9-19-42(45)60(5)31-13-14-32-61(60,65)6)28-29-43(49)62(58)44-35-38(59(2,3)4)27-30-46(44)63(50)47-21-15-25-54-56(47)40-17-7-11-23-52(40)66-54/h7-12,15-30,33-36H,13-14,31-32H2,1-6H3. The molecule has 5 nitrogen and oxygen atoms in total. The molecule has 1 saturated carbocycles. The van der Waals surface area contributed by atoms with Crippen LogP contribution in [0.25, 0.3) is 43.9 Å². The maximum atomic E-state index is 6.67. The third-order valence-electron chi connectivity index (χ3n) is 16.6. The third kappa shape index (κ3) is 5.16. The molecular weight excluding hydrogens is 818 g/mol. The van der Waals surface area contributed by atoms with Crippen LogP contribution in [0.5, 0.6) is 0 Å². The minimum absolute atomic E-state index is 0.0373. The van der Waals surface area contributed by atoms with Gasteiger partial charge >= 0.3 is 0 Å². The van der Waals surface area contributed by atoms with Crippen LogP contribution in [0.4, 0.5) is 45.5 Å². The van der Waals surface area contributed by atoms with Gasteiger partial charge in [0.2, 0.25) is 0 Å². The molecule has 6 heteroatoms. The molecule has 0 amide bonds. The SMILES string of the molecule is Cc1cc2c3c(c1)N(c1cccc4oc5ccccc5c14)c1cc(N4c5ccccc5C5(C)CCCCC45C)ccc1B3c1cc(C(C)(C)C)ccc1N2c1cccc2oc3ccccc3c12. The van der Waals surface area contributed by atoms with E-state index in [1.54, 1.807) is 0 Å². The lowest BCUT2D eigenvalue weighted by atomic mass is 9.33. The summed E-state index contributed by atoms with van der Waals surface area (Å²) in [6, 6.07) is 59.0. The fourth-order valence-corrected chi connectivity index (χ4v) is 13.2. The van der Waals surface area contributed by atoms with E-state index in [1.165, 1.54) is 86.5 Å². The van der Waals surface area contributed by atoms with Gasteiger partial charge in [-0.15, -0.1) is 0 Å². The molecule has 5 heterocycles. The van der Waals surface area contributed by atoms with E-state index in [2.05, 4.69) is 214 Å². The number of fused-ring (bicyclic) bond motifs is 13. The molecule has 2 unspecified atom stereocenters. The van der Waals surface area contributed by atoms with Gasteiger partial charge in [0.05, 0.1) is 27.7 Å². The van der Waals surface area contributed by atoms with E-state index in [0.717, 1.165) is 61.7 Å². The highest BCUT2D eigenvalue weighted by atomic mass is 16.3. The number of hydrogen-bond donors (Lipinski definition) is 0. The molecule has 0 saturated heterocycles. The number of hydrogen-bond acceptors (Lipinski definition) is 5. The Hall–Kier alpha value is -7.18. The van der Waals surface area contributed by atoms with Gasteiger partial charge in [0.1, 0.15) is 22.3 Å². The lowest BCUT2D eigenvalue weighted by Crippen LogP contribution is -2.61. The Labute approximate surface area is 392 Å². The average Bonchev–Trinajstić information content (AvgIpc) is 3.97. The summed E-state index contributed by atoms with van der Waals surface area (Å²) in [6.07, 6.45) is 4.82. The second-order valence-corrected chi connectivity index (χ2v) is 21.3. The Morgan fingerprint density at radius 1 is 0.507 bits per heavy atom. The first-order valence-corrected chi connectivity index (χ1v) is 24.3. The highest BCUT2D eigenvalue weighted by Crippen LogP contribution is 2.61. The largest absolute Gasteiger partial charge is 0.456 e. The summed E-state index contributed by atoms with van der Waals surface area (Å²) in [5.74, 6) is 0. The van der Waals surface area contributed by atoms with Gasteiger partial charge in [-0.05, 0) is 138 Å². The van der Waals surface area contributed by atoms with Gasteiger partial charge < -0.3 is 23.5 Å². The molecule has 1 aliphatic carbocycles. The molecule has 10 aromatic rings. The van der Waals surface area contributed by atoms with Gasteiger partial charge in [0.15, 0.2) is 0 Å². The van der Waals surface area contributed by atoms with Crippen molar-refractivity contribution in [3.63, 3.8) is 0 Å². The molecule has 2 aromatic heterocycles. The summed E-state index contributed by atoms with van der Waals surface area (Å²) in [5.41, 5.74) is 21.0. The Morgan fingerprint density at radius 2 is 1.09 bits per heavy atom. The highest BCUT2D eigenvalue weighted by Gasteiger charge is 2.58. The van der Waals surface area contributed by atoms with Crippen LogP contribution in [0.3, 0.4) is 0 Å². The van der Waals surface area contributed by atoms with Gasteiger partial charge in [0.25, 0.3) is 6.71 Å².